The molecule has 0 fully saturated rings. The number of hydrogen-bond acceptors (Lipinski definition) is 2. The molecule has 1 rings (SSSR count). The average Bonchev–Trinajstić information content (AvgIpc) is 2.30. The van der Waals surface area contributed by atoms with Crippen LogP contribution in [0.15, 0.2) is 55.3 Å². The minimum Gasteiger partial charge on any atom is -0.464 e. The number of allylic oxidation sites excluding steroid dienone is 4. The van der Waals surface area contributed by atoms with Crippen molar-refractivity contribution >= 4 is 17.8 Å². The summed E-state index contributed by atoms with van der Waals surface area (Å²) in [5, 5.41) is 7.80. The maximum absolute atomic E-state index is 7.21. The Morgan fingerprint density at radius 3 is 2.75 bits per heavy atom. The minimum atomic E-state index is 0.585. The highest BCUT2D eigenvalue weighted by molar-refractivity contribution is 6.30. The van der Waals surface area contributed by atoms with Crippen LogP contribution in [0.1, 0.15) is 5.56 Å². The molecule has 1 aromatic rings. The van der Waals surface area contributed by atoms with Gasteiger partial charge in [-0.25, -0.2) is 0 Å². The van der Waals surface area contributed by atoms with Gasteiger partial charge in [-0.2, -0.15) is 0 Å². The molecule has 0 aliphatic rings. The predicted octanol–water partition coefficient (Wildman–Crippen LogP) is 3.97. The quantitative estimate of drug-likeness (QED) is 0.466. The Hall–Kier alpha value is -1.80. The summed E-state index contributed by atoms with van der Waals surface area (Å²) >= 11 is 5.80. The zero-order chi connectivity index (χ0) is 11.8. The third kappa shape index (κ3) is 3.75. The van der Waals surface area contributed by atoms with E-state index < -0.39 is 0 Å². The second-order valence-electron chi connectivity index (χ2n) is 2.89. The Balaban J connectivity index is 2.73. The third-order valence-corrected chi connectivity index (χ3v) is 1.99. The van der Waals surface area contributed by atoms with E-state index in [0.717, 1.165) is 0 Å². The molecule has 1 N–H and O–H groups in total. The van der Waals surface area contributed by atoms with E-state index in [0.29, 0.717) is 16.3 Å². The van der Waals surface area contributed by atoms with Gasteiger partial charge in [-0.05, 0) is 24.3 Å². The van der Waals surface area contributed by atoms with Crippen LogP contribution >= 0.6 is 11.6 Å². The van der Waals surface area contributed by atoms with Crippen molar-refractivity contribution in [2.24, 2.45) is 0 Å². The summed E-state index contributed by atoms with van der Waals surface area (Å²) in [4.78, 5) is 0. The molecule has 2 nitrogen and oxygen atoms in total. The van der Waals surface area contributed by atoms with Gasteiger partial charge in [-0.15, -0.1) is 0 Å². The zero-order valence-electron chi connectivity index (χ0n) is 8.69. The van der Waals surface area contributed by atoms with Crippen molar-refractivity contribution in [3.05, 3.63) is 65.9 Å². The summed E-state index contributed by atoms with van der Waals surface area (Å²) in [6.45, 7) is 3.55. The van der Waals surface area contributed by atoms with E-state index in [-0.39, 0.29) is 0 Å². The molecule has 3 heteroatoms. The Bertz CT molecular complexity index is 436. The van der Waals surface area contributed by atoms with Crippen LogP contribution in [-0.2, 0) is 0 Å². The highest BCUT2D eigenvalue weighted by atomic mass is 35.5. The van der Waals surface area contributed by atoms with Crippen molar-refractivity contribution in [1.82, 2.24) is 0 Å². The van der Waals surface area contributed by atoms with Gasteiger partial charge >= 0.3 is 0 Å². The van der Waals surface area contributed by atoms with Crippen molar-refractivity contribution in [2.75, 3.05) is 0 Å². The second-order valence-corrected chi connectivity index (χ2v) is 3.33. The molecule has 0 spiro atoms. The first-order valence-electron chi connectivity index (χ1n) is 4.69. The van der Waals surface area contributed by atoms with Gasteiger partial charge in [-0.1, -0.05) is 36.4 Å². The number of ether oxygens (including phenoxy) is 1. The van der Waals surface area contributed by atoms with Gasteiger partial charge in [-0.3, -0.25) is 0 Å². The molecule has 0 atom stereocenters. The van der Waals surface area contributed by atoms with Crippen LogP contribution in [0.5, 0.6) is 5.75 Å². The molecule has 0 unspecified atom stereocenters. The molecular formula is C13H12ClNO. The van der Waals surface area contributed by atoms with Crippen LogP contribution < -0.4 is 4.74 Å². The van der Waals surface area contributed by atoms with Gasteiger partial charge in [0.15, 0.2) is 0 Å². The lowest BCUT2D eigenvalue weighted by atomic mass is 10.2. The van der Waals surface area contributed by atoms with Gasteiger partial charge in [0, 0.05) is 16.8 Å². The first-order chi connectivity index (χ1) is 7.77. The van der Waals surface area contributed by atoms with Crippen LogP contribution in [0.4, 0.5) is 0 Å². The highest BCUT2D eigenvalue weighted by Crippen LogP contribution is 2.21. The standard InChI is InChI=1S/C13H12ClNO/c1-2-3-4-5-8-16-13-7-6-12(14)9-11(13)10-15/h2-10,15H,1H2/b4-3-,8-5+,15-10?. The number of benzene rings is 1. The Morgan fingerprint density at radius 1 is 1.25 bits per heavy atom. The summed E-state index contributed by atoms with van der Waals surface area (Å²) in [6.07, 6.45) is 9.75. The summed E-state index contributed by atoms with van der Waals surface area (Å²) in [6, 6.07) is 5.12. The van der Waals surface area contributed by atoms with E-state index in [4.69, 9.17) is 21.7 Å². The molecule has 0 saturated carbocycles. The molecule has 0 aliphatic carbocycles. The third-order valence-electron chi connectivity index (χ3n) is 1.76. The molecule has 0 bridgehead atoms. The van der Waals surface area contributed by atoms with E-state index >= 15 is 0 Å². The number of nitrogens with one attached hydrogen (secondary N) is 1. The highest BCUT2D eigenvalue weighted by Gasteiger charge is 2.00. The van der Waals surface area contributed by atoms with Crippen LogP contribution in [0, 0.1) is 5.41 Å². The summed E-state index contributed by atoms with van der Waals surface area (Å²) in [5.74, 6) is 0.600. The van der Waals surface area contributed by atoms with E-state index in [9.17, 15) is 0 Å². The first kappa shape index (κ1) is 12.3. The largest absolute Gasteiger partial charge is 0.464 e. The van der Waals surface area contributed by atoms with Crippen LogP contribution in [0.3, 0.4) is 0 Å². The smallest absolute Gasteiger partial charge is 0.135 e. The Kier molecular flexibility index (Phi) is 5.09. The predicted molar refractivity (Wildman–Crippen MR) is 68.4 cm³/mol. The molecular weight excluding hydrogens is 222 g/mol. The Morgan fingerprint density at radius 2 is 2.06 bits per heavy atom. The lowest BCUT2D eigenvalue weighted by molar-refractivity contribution is 0.480. The SMILES string of the molecule is C=C/C=C\C=C\Oc1ccc(Cl)cc1C=N. The fraction of sp³-hybridized carbons (Fsp3) is 0. The van der Waals surface area contributed by atoms with Gasteiger partial charge in [0.25, 0.3) is 0 Å². The topological polar surface area (TPSA) is 33.1 Å². The molecule has 0 heterocycles. The van der Waals surface area contributed by atoms with Crippen LogP contribution in [0.25, 0.3) is 0 Å². The minimum absolute atomic E-state index is 0.585. The van der Waals surface area contributed by atoms with E-state index in [1.165, 1.54) is 12.5 Å². The number of hydrogen-bond donors (Lipinski definition) is 1. The Labute approximate surface area is 100 Å². The molecule has 16 heavy (non-hydrogen) atoms. The van der Waals surface area contributed by atoms with Gasteiger partial charge < -0.3 is 10.1 Å². The van der Waals surface area contributed by atoms with Crippen molar-refractivity contribution in [2.45, 2.75) is 0 Å². The van der Waals surface area contributed by atoms with Crippen molar-refractivity contribution in [3.63, 3.8) is 0 Å². The average molecular weight is 234 g/mol. The number of rotatable bonds is 5. The van der Waals surface area contributed by atoms with Crippen molar-refractivity contribution in [1.29, 1.82) is 5.41 Å². The number of halogens is 1. The zero-order valence-corrected chi connectivity index (χ0v) is 9.45. The lowest BCUT2D eigenvalue weighted by Gasteiger charge is -2.03. The fourth-order valence-electron chi connectivity index (χ4n) is 1.04. The van der Waals surface area contributed by atoms with E-state index in [1.54, 1.807) is 42.5 Å². The molecule has 0 amide bonds. The fourth-order valence-corrected chi connectivity index (χ4v) is 1.22. The van der Waals surface area contributed by atoms with Crippen molar-refractivity contribution < 1.29 is 4.74 Å². The van der Waals surface area contributed by atoms with E-state index in [1.807, 2.05) is 0 Å². The molecule has 0 aliphatic heterocycles. The lowest BCUT2D eigenvalue weighted by Crippen LogP contribution is -1.88. The maximum atomic E-state index is 7.21. The van der Waals surface area contributed by atoms with E-state index in [2.05, 4.69) is 6.58 Å². The van der Waals surface area contributed by atoms with Gasteiger partial charge in [0.1, 0.15) is 5.75 Å². The summed E-state index contributed by atoms with van der Waals surface area (Å²) < 4.78 is 5.35. The molecule has 82 valence electrons. The first-order valence-corrected chi connectivity index (χ1v) is 5.06. The van der Waals surface area contributed by atoms with Crippen molar-refractivity contribution in [3.8, 4) is 5.75 Å². The van der Waals surface area contributed by atoms with Crippen LogP contribution in [0.2, 0.25) is 5.02 Å². The maximum Gasteiger partial charge on any atom is 0.135 e. The molecule has 1 aromatic carbocycles. The summed E-state index contributed by atoms with van der Waals surface area (Å²) in [7, 11) is 0. The molecule has 0 radical (unpaired) electrons. The second kappa shape index (κ2) is 6.64. The monoisotopic (exact) mass is 233 g/mol. The summed E-state index contributed by atoms with van der Waals surface area (Å²) in [5.41, 5.74) is 0.643. The molecule has 0 saturated heterocycles. The van der Waals surface area contributed by atoms with Gasteiger partial charge in [0.2, 0.25) is 0 Å². The normalized spacial score (nSPS) is 10.8. The van der Waals surface area contributed by atoms with Crippen LogP contribution in [-0.4, -0.2) is 6.21 Å². The molecule has 0 aromatic heterocycles. The van der Waals surface area contributed by atoms with Gasteiger partial charge in [0.05, 0.1) is 6.26 Å².